The maximum absolute atomic E-state index is 12.3. The van der Waals surface area contributed by atoms with Crippen LogP contribution in [-0.4, -0.2) is 37.7 Å². The molecule has 2 N–H and O–H groups in total. The number of hydrogen-bond donors (Lipinski definition) is 2. The molecule has 1 atom stereocenters. The summed E-state index contributed by atoms with van der Waals surface area (Å²) >= 11 is 0. The highest BCUT2D eigenvalue weighted by Gasteiger charge is 2.21. The minimum Gasteiger partial charge on any atom is -0.480 e. The van der Waals surface area contributed by atoms with E-state index in [4.69, 9.17) is 0 Å². The van der Waals surface area contributed by atoms with Crippen LogP contribution in [0.2, 0.25) is 0 Å². The number of benzene rings is 2. The fraction of sp³-hybridized carbons (Fsp3) is 0.222. The number of carboxylic acid groups (broad SMARTS) is 1. The molecule has 0 unspecified atom stereocenters. The van der Waals surface area contributed by atoms with Gasteiger partial charge in [-0.1, -0.05) is 42.5 Å². The smallest absolute Gasteiger partial charge is 0.326 e. The predicted octanol–water partition coefficient (Wildman–Crippen LogP) is 1.66. The van der Waals surface area contributed by atoms with Gasteiger partial charge < -0.3 is 10.4 Å². The third-order valence-electron chi connectivity index (χ3n) is 3.53. The molecule has 132 valence electrons. The molecule has 0 fully saturated rings. The molecule has 0 saturated carbocycles. The van der Waals surface area contributed by atoms with Gasteiger partial charge in [0.2, 0.25) is 0 Å². The minimum atomic E-state index is -3.15. The number of rotatable bonds is 7. The van der Waals surface area contributed by atoms with Gasteiger partial charge in [-0.2, -0.15) is 0 Å². The van der Waals surface area contributed by atoms with Crippen LogP contribution in [0, 0.1) is 0 Å². The van der Waals surface area contributed by atoms with Gasteiger partial charge in [-0.15, -0.1) is 0 Å². The Morgan fingerprint density at radius 2 is 1.60 bits per heavy atom. The van der Waals surface area contributed by atoms with Gasteiger partial charge in [0, 0.05) is 18.2 Å². The first-order valence-electron chi connectivity index (χ1n) is 7.59. The average Bonchev–Trinajstić information content (AvgIpc) is 2.54. The van der Waals surface area contributed by atoms with Gasteiger partial charge in [0.25, 0.3) is 5.91 Å². The number of nitrogens with one attached hydrogen (secondary N) is 1. The van der Waals surface area contributed by atoms with Gasteiger partial charge in [0.05, 0.1) is 5.75 Å². The molecule has 0 heterocycles. The van der Waals surface area contributed by atoms with Crippen molar-refractivity contribution >= 4 is 21.7 Å². The Morgan fingerprint density at radius 3 is 2.12 bits per heavy atom. The SMILES string of the molecule is CS(=O)(=O)Cc1ccc(C(=O)N[C@@H](Cc2ccccc2)C(=O)O)cc1. The number of aliphatic carboxylic acids is 1. The second-order valence-electron chi connectivity index (χ2n) is 5.82. The van der Waals surface area contributed by atoms with Gasteiger partial charge in [-0.3, -0.25) is 4.79 Å². The van der Waals surface area contributed by atoms with E-state index in [1.54, 1.807) is 36.4 Å². The van der Waals surface area contributed by atoms with Crippen molar-refractivity contribution in [2.75, 3.05) is 6.26 Å². The summed E-state index contributed by atoms with van der Waals surface area (Å²) in [5.74, 6) is -1.75. The molecule has 0 aliphatic rings. The van der Waals surface area contributed by atoms with E-state index in [2.05, 4.69) is 5.32 Å². The number of carbonyl (C=O) groups excluding carboxylic acids is 1. The lowest BCUT2D eigenvalue weighted by atomic mass is 10.1. The van der Waals surface area contributed by atoms with Crippen molar-refractivity contribution in [1.29, 1.82) is 0 Å². The molecule has 2 aromatic rings. The summed E-state index contributed by atoms with van der Waals surface area (Å²) in [6.45, 7) is 0. The van der Waals surface area contributed by atoms with E-state index in [9.17, 15) is 23.1 Å². The second kappa shape index (κ2) is 7.94. The Labute approximate surface area is 146 Å². The minimum absolute atomic E-state index is 0.110. The molecule has 7 heteroatoms. The summed E-state index contributed by atoms with van der Waals surface area (Å²) in [6.07, 6.45) is 1.31. The summed E-state index contributed by atoms with van der Waals surface area (Å²) in [6, 6.07) is 14.0. The van der Waals surface area contributed by atoms with Crippen molar-refractivity contribution in [3.05, 3.63) is 71.3 Å². The van der Waals surface area contributed by atoms with Gasteiger partial charge in [-0.05, 0) is 23.3 Å². The molecule has 2 aromatic carbocycles. The van der Waals surface area contributed by atoms with Crippen LogP contribution in [0.5, 0.6) is 0 Å². The first kappa shape index (κ1) is 18.7. The summed E-state index contributed by atoms with van der Waals surface area (Å²) in [5.41, 5.74) is 1.65. The lowest BCUT2D eigenvalue weighted by molar-refractivity contribution is -0.139. The molecule has 0 aromatic heterocycles. The fourth-order valence-corrected chi connectivity index (χ4v) is 3.14. The molecule has 6 nitrogen and oxygen atoms in total. The summed E-state index contributed by atoms with van der Waals surface area (Å²) in [5, 5.41) is 11.8. The highest BCUT2D eigenvalue weighted by atomic mass is 32.2. The molecule has 0 aliphatic carbocycles. The Balaban J connectivity index is 2.06. The highest BCUT2D eigenvalue weighted by molar-refractivity contribution is 7.89. The van der Waals surface area contributed by atoms with Crippen molar-refractivity contribution in [2.45, 2.75) is 18.2 Å². The largest absolute Gasteiger partial charge is 0.480 e. The lowest BCUT2D eigenvalue weighted by Gasteiger charge is -2.15. The van der Waals surface area contributed by atoms with Crippen molar-refractivity contribution < 1.29 is 23.1 Å². The lowest BCUT2D eigenvalue weighted by Crippen LogP contribution is -2.42. The first-order chi connectivity index (χ1) is 11.7. The molecule has 0 aliphatic heterocycles. The fourth-order valence-electron chi connectivity index (χ4n) is 2.35. The molecule has 0 bridgehead atoms. The monoisotopic (exact) mass is 361 g/mol. The molecular weight excluding hydrogens is 342 g/mol. The van der Waals surface area contributed by atoms with Crippen LogP contribution in [0.1, 0.15) is 21.5 Å². The molecule has 1 amide bonds. The van der Waals surface area contributed by atoms with E-state index in [0.717, 1.165) is 11.8 Å². The van der Waals surface area contributed by atoms with Crippen molar-refractivity contribution in [2.24, 2.45) is 0 Å². The van der Waals surface area contributed by atoms with Crippen LogP contribution in [-0.2, 0) is 26.8 Å². The van der Waals surface area contributed by atoms with Crippen molar-refractivity contribution in [3.63, 3.8) is 0 Å². The predicted molar refractivity (Wildman–Crippen MR) is 94.0 cm³/mol. The van der Waals surface area contributed by atoms with E-state index in [0.29, 0.717) is 5.56 Å². The summed E-state index contributed by atoms with van der Waals surface area (Å²) in [4.78, 5) is 23.7. The van der Waals surface area contributed by atoms with Crippen LogP contribution < -0.4 is 5.32 Å². The van der Waals surface area contributed by atoms with E-state index >= 15 is 0 Å². The van der Waals surface area contributed by atoms with E-state index in [1.165, 1.54) is 12.1 Å². The van der Waals surface area contributed by atoms with Gasteiger partial charge >= 0.3 is 5.97 Å². The highest BCUT2D eigenvalue weighted by Crippen LogP contribution is 2.09. The summed E-state index contributed by atoms with van der Waals surface area (Å²) < 4.78 is 22.5. The van der Waals surface area contributed by atoms with Crippen LogP contribution in [0.15, 0.2) is 54.6 Å². The zero-order valence-electron chi connectivity index (χ0n) is 13.7. The summed E-state index contributed by atoms with van der Waals surface area (Å²) in [7, 11) is -3.15. The molecule has 0 radical (unpaired) electrons. The van der Waals surface area contributed by atoms with Crippen molar-refractivity contribution in [1.82, 2.24) is 5.32 Å². The third kappa shape index (κ3) is 6.04. The third-order valence-corrected chi connectivity index (χ3v) is 4.39. The van der Waals surface area contributed by atoms with Crippen molar-refractivity contribution in [3.8, 4) is 0 Å². The van der Waals surface area contributed by atoms with E-state index in [1.807, 2.05) is 6.07 Å². The average molecular weight is 361 g/mol. The maximum Gasteiger partial charge on any atom is 0.326 e. The second-order valence-corrected chi connectivity index (χ2v) is 7.96. The molecule has 25 heavy (non-hydrogen) atoms. The van der Waals surface area contributed by atoms with Gasteiger partial charge in [-0.25, -0.2) is 13.2 Å². The number of carboxylic acids is 1. The van der Waals surface area contributed by atoms with Crippen LogP contribution in [0.4, 0.5) is 0 Å². The van der Waals surface area contributed by atoms with Gasteiger partial charge in [0.1, 0.15) is 6.04 Å². The number of amides is 1. The normalized spacial score (nSPS) is 12.4. The van der Waals surface area contributed by atoms with Gasteiger partial charge in [0.15, 0.2) is 9.84 Å². The Kier molecular flexibility index (Phi) is 5.93. The molecule has 0 spiro atoms. The van der Waals surface area contributed by atoms with Crippen LogP contribution in [0.25, 0.3) is 0 Å². The van der Waals surface area contributed by atoms with E-state index < -0.39 is 27.8 Å². The standard InChI is InChI=1S/C18H19NO5S/c1-25(23,24)12-14-7-9-15(10-8-14)17(20)19-16(18(21)22)11-13-5-3-2-4-6-13/h2-10,16H,11-12H2,1H3,(H,19,20)(H,21,22)/t16-/m0/s1. The number of hydrogen-bond acceptors (Lipinski definition) is 4. The maximum atomic E-state index is 12.3. The molecule has 2 rings (SSSR count). The van der Waals surface area contributed by atoms with Crippen LogP contribution >= 0.6 is 0 Å². The number of sulfone groups is 1. The zero-order valence-corrected chi connectivity index (χ0v) is 14.5. The Morgan fingerprint density at radius 1 is 1.00 bits per heavy atom. The quantitative estimate of drug-likeness (QED) is 0.781. The number of carbonyl (C=O) groups is 2. The zero-order chi connectivity index (χ0) is 18.4. The van der Waals surface area contributed by atoms with Crippen LogP contribution in [0.3, 0.4) is 0 Å². The van der Waals surface area contributed by atoms with E-state index in [-0.39, 0.29) is 17.7 Å². The molecular formula is C18H19NO5S. The molecule has 0 saturated heterocycles. The first-order valence-corrected chi connectivity index (χ1v) is 9.65. The Bertz CT molecular complexity index is 845. The Hall–Kier alpha value is -2.67. The topological polar surface area (TPSA) is 101 Å².